The summed E-state index contributed by atoms with van der Waals surface area (Å²) in [4.78, 5) is 14.7. The zero-order chi connectivity index (χ0) is 16.4. The van der Waals surface area contributed by atoms with Crippen molar-refractivity contribution in [1.82, 2.24) is 4.90 Å². The molecule has 2 unspecified atom stereocenters. The lowest BCUT2D eigenvalue weighted by Crippen LogP contribution is -2.42. The Labute approximate surface area is 144 Å². The lowest BCUT2D eigenvalue weighted by Gasteiger charge is -2.32. The van der Waals surface area contributed by atoms with Crippen LogP contribution in [-0.4, -0.2) is 36.6 Å². The fourth-order valence-electron chi connectivity index (χ4n) is 3.39. The molecule has 1 aliphatic carbocycles. The van der Waals surface area contributed by atoms with Crippen LogP contribution in [0.3, 0.4) is 0 Å². The number of halogens is 1. The van der Waals surface area contributed by atoms with Gasteiger partial charge in [0.1, 0.15) is 0 Å². The molecule has 1 aromatic rings. The summed E-state index contributed by atoms with van der Waals surface area (Å²) in [7, 11) is 0. The number of hydrogen-bond acceptors (Lipinski definition) is 2. The zero-order valence-electron chi connectivity index (χ0n) is 14.0. The molecule has 1 saturated heterocycles. The molecule has 0 spiro atoms. The van der Waals surface area contributed by atoms with Gasteiger partial charge in [0.25, 0.3) is 0 Å². The van der Waals surface area contributed by atoms with Crippen molar-refractivity contribution >= 4 is 17.5 Å². The monoisotopic (exact) mass is 335 g/mol. The van der Waals surface area contributed by atoms with E-state index in [9.17, 15) is 4.79 Å². The Balaban J connectivity index is 1.49. The highest BCUT2D eigenvalue weighted by atomic mass is 35.5. The number of piperidine rings is 1. The second-order valence-corrected chi connectivity index (χ2v) is 7.63. The van der Waals surface area contributed by atoms with Gasteiger partial charge in [0, 0.05) is 30.6 Å². The van der Waals surface area contributed by atoms with Gasteiger partial charge in [0.2, 0.25) is 5.91 Å². The quantitative estimate of drug-likeness (QED) is 0.810. The first-order valence-electron chi connectivity index (χ1n) is 8.71. The molecule has 3 nitrogen and oxygen atoms in total. The van der Waals surface area contributed by atoms with Crippen molar-refractivity contribution in [2.24, 2.45) is 11.8 Å². The van der Waals surface area contributed by atoms with Gasteiger partial charge in [-0.05, 0) is 42.7 Å². The van der Waals surface area contributed by atoms with E-state index >= 15 is 0 Å². The van der Waals surface area contributed by atoms with E-state index in [2.05, 4.69) is 13.8 Å². The van der Waals surface area contributed by atoms with Crippen LogP contribution in [0.1, 0.15) is 44.6 Å². The highest BCUT2D eigenvalue weighted by Gasteiger charge is 2.46. The molecule has 0 N–H and O–H groups in total. The van der Waals surface area contributed by atoms with Gasteiger partial charge in [-0.25, -0.2) is 0 Å². The summed E-state index contributed by atoms with van der Waals surface area (Å²) in [6.07, 6.45) is 3.18. The van der Waals surface area contributed by atoms with Crippen LogP contribution in [0.5, 0.6) is 0 Å². The summed E-state index contributed by atoms with van der Waals surface area (Å²) in [5.41, 5.74) is 1.13. The number of nitrogens with zero attached hydrogens (tertiary/aromatic N) is 1. The summed E-state index contributed by atoms with van der Waals surface area (Å²) < 4.78 is 5.90. The molecule has 23 heavy (non-hydrogen) atoms. The molecule has 1 saturated carbocycles. The van der Waals surface area contributed by atoms with Crippen molar-refractivity contribution in [1.29, 1.82) is 0 Å². The maximum atomic E-state index is 12.7. The molecule has 2 aliphatic rings. The van der Waals surface area contributed by atoms with E-state index in [-0.39, 0.29) is 5.92 Å². The molecule has 0 aromatic heterocycles. The first kappa shape index (κ1) is 16.8. The SMILES string of the molecule is CC(C)COC1CCN(C(=O)C2CC2c2ccccc2Cl)CC1. The number of benzene rings is 1. The Morgan fingerprint density at radius 3 is 2.65 bits per heavy atom. The molecular formula is C19H26ClNO2. The first-order chi connectivity index (χ1) is 11.1. The van der Waals surface area contributed by atoms with E-state index in [0.29, 0.717) is 23.8 Å². The maximum absolute atomic E-state index is 12.7. The first-order valence-corrected chi connectivity index (χ1v) is 9.09. The average Bonchev–Trinajstić information content (AvgIpc) is 3.33. The van der Waals surface area contributed by atoms with Crippen LogP contribution >= 0.6 is 11.6 Å². The van der Waals surface area contributed by atoms with Gasteiger partial charge >= 0.3 is 0 Å². The number of ether oxygens (including phenoxy) is 1. The largest absolute Gasteiger partial charge is 0.378 e. The molecule has 3 rings (SSSR count). The van der Waals surface area contributed by atoms with E-state index in [4.69, 9.17) is 16.3 Å². The topological polar surface area (TPSA) is 29.5 Å². The Bertz CT molecular complexity index is 552. The summed E-state index contributed by atoms with van der Waals surface area (Å²) in [6.45, 7) is 6.80. The minimum absolute atomic E-state index is 0.128. The van der Waals surface area contributed by atoms with Crippen molar-refractivity contribution in [3.8, 4) is 0 Å². The predicted molar refractivity (Wildman–Crippen MR) is 92.7 cm³/mol. The van der Waals surface area contributed by atoms with Crippen molar-refractivity contribution < 1.29 is 9.53 Å². The minimum Gasteiger partial charge on any atom is -0.378 e. The maximum Gasteiger partial charge on any atom is 0.226 e. The molecule has 0 radical (unpaired) electrons. The Kier molecular flexibility index (Phi) is 5.27. The van der Waals surface area contributed by atoms with Crippen LogP contribution in [0.4, 0.5) is 0 Å². The third-order valence-electron chi connectivity index (χ3n) is 4.83. The molecular weight excluding hydrogens is 310 g/mol. The normalized spacial score (nSPS) is 25.0. The van der Waals surface area contributed by atoms with Crippen LogP contribution in [0.2, 0.25) is 5.02 Å². The summed E-state index contributed by atoms with van der Waals surface area (Å²) in [6, 6.07) is 7.90. The molecule has 0 bridgehead atoms. The highest BCUT2D eigenvalue weighted by Crippen LogP contribution is 2.50. The van der Waals surface area contributed by atoms with E-state index in [0.717, 1.165) is 49.5 Å². The second kappa shape index (κ2) is 7.23. The summed E-state index contributed by atoms with van der Waals surface area (Å²) in [5, 5.41) is 0.786. The third-order valence-corrected chi connectivity index (χ3v) is 5.18. The van der Waals surface area contributed by atoms with Crippen LogP contribution in [-0.2, 0) is 9.53 Å². The van der Waals surface area contributed by atoms with Gasteiger partial charge in [0.05, 0.1) is 6.10 Å². The molecule has 4 heteroatoms. The summed E-state index contributed by atoms with van der Waals surface area (Å²) >= 11 is 6.25. The fraction of sp³-hybridized carbons (Fsp3) is 0.632. The number of amides is 1. The molecule has 1 aliphatic heterocycles. The van der Waals surface area contributed by atoms with Gasteiger partial charge in [-0.2, -0.15) is 0 Å². The number of carbonyl (C=O) groups is 1. The van der Waals surface area contributed by atoms with Crippen molar-refractivity contribution in [2.45, 2.75) is 45.1 Å². The van der Waals surface area contributed by atoms with Crippen LogP contribution in [0, 0.1) is 11.8 Å². The number of hydrogen-bond donors (Lipinski definition) is 0. The number of rotatable bonds is 5. The summed E-state index contributed by atoms with van der Waals surface area (Å²) in [5.74, 6) is 1.31. The van der Waals surface area contributed by atoms with Gasteiger partial charge in [-0.3, -0.25) is 4.79 Å². The smallest absolute Gasteiger partial charge is 0.226 e. The van der Waals surface area contributed by atoms with E-state index in [1.54, 1.807) is 0 Å². The number of likely N-dealkylation sites (tertiary alicyclic amines) is 1. The van der Waals surface area contributed by atoms with E-state index in [1.807, 2.05) is 29.2 Å². The van der Waals surface area contributed by atoms with Gasteiger partial charge < -0.3 is 9.64 Å². The Morgan fingerprint density at radius 2 is 2.00 bits per heavy atom. The third kappa shape index (κ3) is 4.07. The molecule has 1 heterocycles. The van der Waals surface area contributed by atoms with Gasteiger partial charge in [-0.1, -0.05) is 43.6 Å². The number of carbonyl (C=O) groups excluding carboxylic acids is 1. The van der Waals surface area contributed by atoms with Crippen LogP contribution in [0.25, 0.3) is 0 Å². The molecule has 2 fully saturated rings. The van der Waals surface area contributed by atoms with Crippen molar-refractivity contribution in [3.63, 3.8) is 0 Å². The molecule has 126 valence electrons. The van der Waals surface area contributed by atoms with E-state index < -0.39 is 0 Å². The van der Waals surface area contributed by atoms with Gasteiger partial charge in [0.15, 0.2) is 0 Å². The van der Waals surface area contributed by atoms with Crippen LogP contribution in [0.15, 0.2) is 24.3 Å². The lowest BCUT2D eigenvalue weighted by atomic mass is 10.1. The predicted octanol–water partition coefficient (Wildman–Crippen LogP) is 4.11. The zero-order valence-corrected chi connectivity index (χ0v) is 14.8. The Morgan fingerprint density at radius 1 is 1.30 bits per heavy atom. The minimum atomic E-state index is 0.128. The van der Waals surface area contributed by atoms with E-state index in [1.165, 1.54) is 0 Å². The van der Waals surface area contributed by atoms with Gasteiger partial charge in [-0.15, -0.1) is 0 Å². The second-order valence-electron chi connectivity index (χ2n) is 7.22. The fourth-order valence-corrected chi connectivity index (χ4v) is 3.67. The van der Waals surface area contributed by atoms with Crippen molar-refractivity contribution in [3.05, 3.63) is 34.9 Å². The lowest BCUT2D eigenvalue weighted by molar-refractivity contribution is -0.135. The molecule has 2 atom stereocenters. The Hall–Kier alpha value is -1.06. The highest BCUT2D eigenvalue weighted by molar-refractivity contribution is 6.31. The average molecular weight is 336 g/mol. The standard InChI is InChI=1S/C19H26ClNO2/c1-13(2)12-23-14-7-9-21(10-8-14)19(22)17-11-16(17)15-5-3-4-6-18(15)20/h3-6,13-14,16-17H,7-12H2,1-2H3. The molecule has 1 aromatic carbocycles. The van der Waals surface area contributed by atoms with Crippen LogP contribution < -0.4 is 0 Å². The molecule has 1 amide bonds. The van der Waals surface area contributed by atoms with Crippen molar-refractivity contribution in [2.75, 3.05) is 19.7 Å².